The summed E-state index contributed by atoms with van der Waals surface area (Å²) < 4.78 is 27.5. The average Bonchev–Trinajstić information content (AvgIpc) is 2.74. The van der Waals surface area contributed by atoms with Crippen molar-refractivity contribution < 1.29 is 22.8 Å². The maximum atomic E-state index is 11.7. The fourth-order valence-corrected chi connectivity index (χ4v) is 14.1. The van der Waals surface area contributed by atoms with Crippen LogP contribution in [-0.2, 0) is 22.8 Å². The van der Waals surface area contributed by atoms with E-state index in [9.17, 15) is 4.79 Å². The minimum atomic E-state index is -2.04. The van der Waals surface area contributed by atoms with Gasteiger partial charge in [-0.25, -0.2) is 0 Å². The molecular formula is C32H68O5Si3. The molecule has 8 heteroatoms. The number of rotatable bonds is 15. The molecule has 1 heterocycles. The molecule has 0 unspecified atom stereocenters. The predicted octanol–water partition coefficient (Wildman–Crippen LogP) is 9.88. The van der Waals surface area contributed by atoms with Gasteiger partial charge in [0.25, 0.3) is 0 Å². The van der Waals surface area contributed by atoms with E-state index >= 15 is 0 Å². The molecule has 5 nitrogen and oxygen atoms in total. The molecule has 0 aromatic carbocycles. The molecule has 0 N–H and O–H groups in total. The van der Waals surface area contributed by atoms with Crippen LogP contribution in [0.15, 0.2) is 0 Å². The van der Waals surface area contributed by atoms with E-state index in [1.54, 1.807) is 0 Å². The summed E-state index contributed by atoms with van der Waals surface area (Å²) in [6.07, 6.45) is 5.01. The molecule has 0 spiro atoms. The predicted molar refractivity (Wildman–Crippen MR) is 179 cm³/mol. The van der Waals surface area contributed by atoms with E-state index in [0.717, 1.165) is 38.6 Å². The second-order valence-corrected chi connectivity index (χ2v) is 31.4. The molecule has 1 aliphatic heterocycles. The van der Waals surface area contributed by atoms with Crippen LogP contribution in [0.4, 0.5) is 0 Å². The van der Waals surface area contributed by atoms with E-state index in [0.29, 0.717) is 23.0 Å². The molecule has 0 saturated carbocycles. The Hall–Kier alpha value is 0.161. The van der Waals surface area contributed by atoms with Crippen LogP contribution in [0.1, 0.15) is 115 Å². The summed E-state index contributed by atoms with van der Waals surface area (Å²) in [5.41, 5.74) is 1.62. The largest absolute Gasteiger partial charge is 0.417 e. The van der Waals surface area contributed by atoms with E-state index in [4.69, 9.17) is 18.0 Å². The standard InChI is InChI=1S/C32H68O5Si3/c1-24(2)40(25(3)4,26(5)6)37-30-21-27(18-20-34-38(13,14)31(7,8)9)35-29(23-30)22-28(17-19-33)36-39(15,16)32(10,11)12/h19,24-30H,17-18,20-23H2,1-16H3/t27-,28-,29-,30+/m0/s1. The fraction of sp³-hybridized carbons (Fsp3) is 0.969. The van der Waals surface area contributed by atoms with Gasteiger partial charge in [-0.05, 0) is 78.6 Å². The highest BCUT2D eigenvalue weighted by atomic mass is 28.4. The van der Waals surface area contributed by atoms with Gasteiger partial charge >= 0.3 is 0 Å². The summed E-state index contributed by atoms with van der Waals surface area (Å²) in [5.74, 6) is 0. The first kappa shape index (κ1) is 38.2. The quantitative estimate of drug-likeness (QED) is 0.135. The van der Waals surface area contributed by atoms with Gasteiger partial charge in [0.2, 0.25) is 8.32 Å². The molecular weight excluding hydrogens is 549 g/mol. The summed E-state index contributed by atoms with van der Waals surface area (Å²) >= 11 is 0. The van der Waals surface area contributed by atoms with Crippen molar-refractivity contribution >= 4 is 31.2 Å². The van der Waals surface area contributed by atoms with Crippen molar-refractivity contribution in [3.63, 3.8) is 0 Å². The van der Waals surface area contributed by atoms with Crippen LogP contribution in [0.5, 0.6) is 0 Å². The van der Waals surface area contributed by atoms with E-state index < -0.39 is 25.0 Å². The van der Waals surface area contributed by atoms with Gasteiger partial charge in [0.15, 0.2) is 16.6 Å². The first-order chi connectivity index (χ1) is 18.0. The second-order valence-electron chi connectivity index (χ2n) is 16.4. The zero-order valence-corrected chi connectivity index (χ0v) is 32.4. The van der Waals surface area contributed by atoms with Gasteiger partial charge in [-0.3, -0.25) is 0 Å². The smallest absolute Gasteiger partial charge is 0.200 e. The van der Waals surface area contributed by atoms with E-state index in [1.807, 2.05) is 0 Å². The maximum absolute atomic E-state index is 11.7. The number of carbonyl (C=O) groups is 1. The minimum Gasteiger partial charge on any atom is -0.417 e. The van der Waals surface area contributed by atoms with Crippen LogP contribution in [-0.4, -0.2) is 62.3 Å². The van der Waals surface area contributed by atoms with Crippen molar-refractivity contribution in [1.29, 1.82) is 0 Å². The lowest BCUT2D eigenvalue weighted by atomic mass is 9.95. The molecule has 1 fully saturated rings. The molecule has 1 aliphatic rings. The molecule has 40 heavy (non-hydrogen) atoms. The lowest BCUT2D eigenvalue weighted by Gasteiger charge is -2.48. The molecule has 0 aromatic rings. The molecule has 4 atom stereocenters. The van der Waals surface area contributed by atoms with E-state index in [1.165, 1.54) is 0 Å². The highest BCUT2D eigenvalue weighted by molar-refractivity contribution is 6.77. The number of carbonyl (C=O) groups excluding carboxylic acids is 1. The van der Waals surface area contributed by atoms with Crippen LogP contribution in [0, 0.1) is 0 Å². The van der Waals surface area contributed by atoms with Crippen molar-refractivity contribution in [2.24, 2.45) is 0 Å². The third-order valence-corrected chi connectivity index (χ3v) is 25.6. The number of hydrogen-bond acceptors (Lipinski definition) is 5. The third-order valence-electron chi connectivity index (χ3n) is 10.4. The fourth-order valence-electron chi connectivity index (χ4n) is 6.05. The number of ether oxygens (including phenoxy) is 1. The number of aldehydes is 1. The lowest BCUT2D eigenvalue weighted by Crippen LogP contribution is -2.53. The SMILES string of the molecule is CC(C)[Si](O[C@H]1C[C@H](C[C@H](CC=O)O[Si](C)(C)C(C)(C)C)O[C@@H](CCO[Si](C)(C)C(C)(C)C)C1)(C(C)C)C(C)C. The van der Waals surface area contributed by atoms with Crippen LogP contribution in [0.25, 0.3) is 0 Å². The Balaban J connectivity index is 3.22. The van der Waals surface area contributed by atoms with Gasteiger partial charge in [0.1, 0.15) is 6.29 Å². The molecule has 0 aliphatic carbocycles. The maximum Gasteiger partial charge on any atom is 0.200 e. The van der Waals surface area contributed by atoms with E-state index in [2.05, 4.69) is 109 Å². The first-order valence-electron chi connectivity index (χ1n) is 16.1. The van der Waals surface area contributed by atoms with Gasteiger partial charge in [-0.1, -0.05) is 83.1 Å². The topological polar surface area (TPSA) is 54.0 Å². The van der Waals surface area contributed by atoms with Crippen molar-refractivity contribution in [3.05, 3.63) is 0 Å². The summed E-state index contributed by atoms with van der Waals surface area (Å²) in [4.78, 5) is 11.7. The van der Waals surface area contributed by atoms with E-state index in [-0.39, 0.29) is 34.5 Å². The molecule has 0 aromatic heterocycles. The Bertz CT molecular complexity index is 746. The highest BCUT2D eigenvalue weighted by Crippen LogP contribution is 2.45. The zero-order valence-electron chi connectivity index (χ0n) is 29.4. The van der Waals surface area contributed by atoms with Crippen molar-refractivity contribution in [2.45, 2.75) is 192 Å². The van der Waals surface area contributed by atoms with Crippen molar-refractivity contribution in [2.75, 3.05) is 6.61 Å². The van der Waals surface area contributed by atoms with Crippen molar-refractivity contribution in [3.8, 4) is 0 Å². The minimum absolute atomic E-state index is 0.0181. The summed E-state index contributed by atoms with van der Waals surface area (Å²) in [5, 5.41) is 0.280. The van der Waals surface area contributed by atoms with Gasteiger partial charge in [0.05, 0.1) is 24.4 Å². The first-order valence-corrected chi connectivity index (χ1v) is 24.0. The van der Waals surface area contributed by atoms with Gasteiger partial charge in [-0.2, -0.15) is 0 Å². The lowest BCUT2D eigenvalue weighted by molar-refractivity contribution is -0.116. The van der Waals surface area contributed by atoms with Gasteiger partial charge in [-0.15, -0.1) is 0 Å². The van der Waals surface area contributed by atoms with Gasteiger partial charge in [0, 0.05) is 13.0 Å². The Labute approximate surface area is 252 Å². The monoisotopic (exact) mass is 616 g/mol. The van der Waals surface area contributed by atoms with Crippen LogP contribution in [0.3, 0.4) is 0 Å². The Morgan fingerprint density at radius 1 is 0.800 bits per heavy atom. The zero-order chi connectivity index (χ0) is 31.3. The Morgan fingerprint density at radius 2 is 1.27 bits per heavy atom. The van der Waals surface area contributed by atoms with Crippen LogP contribution in [0.2, 0.25) is 52.9 Å². The summed E-state index contributed by atoms with van der Waals surface area (Å²) in [6.45, 7) is 37.7. The average molecular weight is 617 g/mol. The molecule has 0 radical (unpaired) electrons. The molecule has 1 saturated heterocycles. The highest BCUT2D eigenvalue weighted by Gasteiger charge is 2.48. The van der Waals surface area contributed by atoms with Crippen molar-refractivity contribution in [1.82, 2.24) is 0 Å². The molecule has 0 bridgehead atoms. The van der Waals surface area contributed by atoms with Crippen LogP contribution < -0.4 is 0 Å². The summed E-state index contributed by atoms with van der Waals surface area (Å²) in [6, 6.07) is 0. The van der Waals surface area contributed by atoms with Gasteiger partial charge < -0.3 is 22.8 Å². The normalized spacial score (nSPS) is 22.8. The molecule has 0 amide bonds. The number of hydrogen-bond donors (Lipinski definition) is 0. The second kappa shape index (κ2) is 14.8. The Kier molecular flexibility index (Phi) is 14.1. The summed E-state index contributed by atoms with van der Waals surface area (Å²) in [7, 11) is -5.88. The molecule has 1 rings (SSSR count). The van der Waals surface area contributed by atoms with Crippen LogP contribution >= 0.6 is 0 Å². The molecule has 238 valence electrons. The third kappa shape index (κ3) is 10.1. The Morgan fingerprint density at radius 3 is 1.70 bits per heavy atom.